The molecular formula is C14H29N3O2. The van der Waals surface area contributed by atoms with Crippen LogP contribution in [0, 0.1) is 0 Å². The number of nitrogens with one attached hydrogen (secondary N) is 1. The molecule has 3 N–H and O–H groups in total. The monoisotopic (exact) mass is 271 g/mol. The normalized spacial score (nSPS) is 22.6. The molecule has 1 rings (SSSR count). The predicted molar refractivity (Wildman–Crippen MR) is 77.0 cm³/mol. The van der Waals surface area contributed by atoms with Crippen molar-refractivity contribution in [3.63, 3.8) is 0 Å². The molecule has 19 heavy (non-hydrogen) atoms. The van der Waals surface area contributed by atoms with E-state index in [2.05, 4.69) is 17.1 Å². The summed E-state index contributed by atoms with van der Waals surface area (Å²) in [4.78, 5) is 13.9. The summed E-state index contributed by atoms with van der Waals surface area (Å²) in [5.74, 6) is -0.275. The lowest BCUT2D eigenvalue weighted by Crippen LogP contribution is -2.54. The molecule has 2 unspecified atom stereocenters. The first kappa shape index (κ1) is 16.4. The lowest BCUT2D eigenvalue weighted by Gasteiger charge is -2.31. The van der Waals surface area contributed by atoms with Crippen molar-refractivity contribution in [2.45, 2.75) is 51.7 Å². The van der Waals surface area contributed by atoms with E-state index in [1.807, 2.05) is 13.8 Å². The van der Waals surface area contributed by atoms with Crippen molar-refractivity contribution in [3.05, 3.63) is 0 Å². The van der Waals surface area contributed by atoms with Crippen LogP contribution in [0.3, 0.4) is 0 Å². The second-order valence-corrected chi connectivity index (χ2v) is 5.50. The molecule has 0 spiro atoms. The Labute approximate surface area is 116 Å². The number of likely N-dealkylation sites (N-methyl/N-ethyl adjacent to an activating group) is 2. The molecule has 5 heteroatoms. The number of nitrogens with two attached hydrogens (primary N) is 1. The number of hydrogen-bond acceptors (Lipinski definition) is 4. The quantitative estimate of drug-likeness (QED) is 0.649. The molecule has 0 aliphatic carbocycles. The third-order valence-corrected chi connectivity index (χ3v) is 3.97. The Hall–Kier alpha value is -0.650. The molecule has 0 aromatic rings. The minimum atomic E-state index is -0.612. The molecule has 0 bridgehead atoms. The standard InChI is InChI=1S/C14H29N3O2/c1-4-16-14(3,13(15)18)8-9-17(5-2)11-12-7-6-10-19-12/h12,16H,4-11H2,1-3H3,(H2,15,18). The number of rotatable bonds is 9. The number of carbonyl (C=O) groups excluding carboxylic acids is 1. The molecule has 112 valence electrons. The highest BCUT2D eigenvalue weighted by atomic mass is 16.5. The Balaban J connectivity index is 2.43. The molecule has 5 nitrogen and oxygen atoms in total. The van der Waals surface area contributed by atoms with Gasteiger partial charge < -0.3 is 20.7 Å². The number of primary amides is 1. The Kier molecular flexibility index (Phi) is 6.75. The first-order chi connectivity index (χ1) is 9.01. The maximum Gasteiger partial charge on any atom is 0.237 e. The molecule has 0 aromatic heterocycles. The van der Waals surface area contributed by atoms with Crippen molar-refractivity contribution < 1.29 is 9.53 Å². The van der Waals surface area contributed by atoms with Gasteiger partial charge in [-0.1, -0.05) is 13.8 Å². The minimum absolute atomic E-state index is 0.275. The summed E-state index contributed by atoms with van der Waals surface area (Å²) in [6.07, 6.45) is 3.41. The third kappa shape index (κ3) is 5.09. The third-order valence-electron chi connectivity index (χ3n) is 3.97. The maximum atomic E-state index is 11.6. The fraction of sp³-hybridized carbons (Fsp3) is 0.929. The van der Waals surface area contributed by atoms with Crippen LogP contribution in [-0.2, 0) is 9.53 Å². The van der Waals surface area contributed by atoms with Crippen molar-refractivity contribution in [2.24, 2.45) is 5.73 Å². The van der Waals surface area contributed by atoms with Crippen molar-refractivity contribution >= 4 is 5.91 Å². The van der Waals surface area contributed by atoms with Crippen LogP contribution < -0.4 is 11.1 Å². The number of amides is 1. The molecule has 1 amide bonds. The van der Waals surface area contributed by atoms with Gasteiger partial charge in [0, 0.05) is 19.7 Å². The van der Waals surface area contributed by atoms with Gasteiger partial charge in [0.05, 0.1) is 11.6 Å². The van der Waals surface area contributed by atoms with Gasteiger partial charge in [0.25, 0.3) is 0 Å². The summed E-state index contributed by atoms with van der Waals surface area (Å²) in [5.41, 5.74) is 4.89. The smallest absolute Gasteiger partial charge is 0.237 e. The summed E-state index contributed by atoms with van der Waals surface area (Å²) >= 11 is 0. The molecule has 0 saturated carbocycles. The second kappa shape index (κ2) is 7.82. The van der Waals surface area contributed by atoms with Crippen molar-refractivity contribution in [3.8, 4) is 0 Å². The summed E-state index contributed by atoms with van der Waals surface area (Å²) in [6, 6.07) is 0. The average molecular weight is 271 g/mol. The number of ether oxygens (including phenoxy) is 1. The number of nitrogens with zero attached hydrogens (tertiary/aromatic N) is 1. The van der Waals surface area contributed by atoms with Crippen molar-refractivity contribution in [1.82, 2.24) is 10.2 Å². The summed E-state index contributed by atoms with van der Waals surface area (Å²) in [7, 11) is 0. The second-order valence-electron chi connectivity index (χ2n) is 5.50. The van der Waals surface area contributed by atoms with Crippen LogP contribution in [0.1, 0.15) is 40.0 Å². The van der Waals surface area contributed by atoms with E-state index in [9.17, 15) is 4.79 Å². The Morgan fingerprint density at radius 3 is 2.74 bits per heavy atom. The zero-order valence-electron chi connectivity index (χ0n) is 12.6. The number of carbonyl (C=O) groups is 1. The van der Waals surface area contributed by atoms with E-state index in [-0.39, 0.29) is 5.91 Å². The SMILES string of the molecule is CCNC(C)(CCN(CC)CC1CCCO1)C(N)=O. The largest absolute Gasteiger partial charge is 0.377 e. The Bertz CT molecular complexity index is 280. The molecule has 0 radical (unpaired) electrons. The summed E-state index contributed by atoms with van der Waals surface area (Å²) < 4.78 is 5.66. The van der Waals surface area contributed by atoms with Gasteiger partial charge in [-0.15, -0.1) is 0 Å². The van der Waals surface area contributed by atoms with Gasteiger partial charge in [-0.3, -0.25) is 4.79 Å². The van der Waals surface area contributed by atoms with Gasteiger partial charge in [0.15, 0.2) is 0 Å². The summed E-state index contributed by atoms with van der Waals surface area (Å²) in [6.45, 7) is 10.4. The lowest BCUT2D eigenvalue weighted by molar-refractivity contribution is -0.124. The first-order valence-corrected chi connectivity index (χ1v) is 7.40. The highest BCUT2D eigenvalue weighted by molar-refractivity contribution is 5.84. The fourth-order valence-corrected chi connectivity index (χ4v) is 2.53. The van der Waals surface area contributed by atoms with Crippen LogP contribution in [0.2, 0.25) is 0 Å². The highest BCUT2D eigenvalue weighted by Gasteiger charge is 2.30. The molecule has 1 saturated heterocycles. The molecular weight excluding hydrogens is 242 g/mol. The van der Waals surface area contributed by atoms with Gasteiger partial charge in [-0.25, -0.2) is 0 Å². The zero-order chi connectivity index (χ0) is 14.3. The van der Waals surface area contributed by atoms with Crippen LogP contribution in [0.5, 0.6) is 0 Å². The number of hydrogen-bond donors (Lipinski definition) is 2. The van der Waals surface area contributed by atoms with Crippen LogP contribution in [0.4, 0.5) is 0 Å². The Morgan fingerprint density at radius 1 is 1.53 bits per heavy atom. The highest BCUT2D eigenvalue weighted by Crippen LogP contribution is 2.15. The van der Waals surface area contributed by atoms with Crippen molar-refractivity contribution in [1.29, 1.82) is 0 Å². The molecule has 1 fully saturated rings. The predicted octanol–water partition coefficient (Wildman–Crippen LogP) is 0.731. The maximum absolute atomic E-state index is 11.6. The molecule has 1 aliphatic heterocycles. The van der Waals surface area contributed by atoms with Crippen LogP contribution in [0.25, 0.3) is 0 Å². The fourth-order valence-electron chi connectivity index (χ4n) is 2.53. The molecule has 0 aromatic carbocycles. The van der Waals surface area contributed by atoms with E-state index in [0.717, 1.165) is 45.6 Å². The van der Waals surface area contributed by atoms with Gasteiger partial charge in [-0.05, 0) is 39.3 Å². The van der Waals surface area contributed by atoms with E-state index in [0.29, 0.717) is 6.10 Å². The van der Waals surface area contributed by atoms with Crippen molar-refractivity contribution in [2.75, 3.05) is 32.8 Å². The average Bonchev–Trinajstić information content (AvgIpc) is 2.87. The van der Waals surface area contributed by atoms with Gasteiger partial charge in [-0.2, -0.15) is 0 Å². The van der Waals surface area contributed by atoms with Gasteiger partial charge in [0.1, 0.15) is 0 Å². The zero-order valence-corrected chi connectivity index (χ0v) is 12.6. The van der Waals surface area contributed by atoms with E-state index < -0.39 is 5.54 Å². The summed E-state index contributed by atoms with van der Waals surface area (Å²) in [5, 5.41) is 3.20. The molecule has 2 atom stereocenters. The van der Waals surface area contributed by atoms with E-state index in [4.69, 9.17) is 10.5 Å². The minimum Gasteiger partial charge on any atom is -0.377 e. The molecule has 1 aliphatic rings. The first-order valence-electron chi connectivity index (χ1n) is 7.40. The van der Waals surface area contributed by atoms with Crippen LogP contribution in [0.15, 0.2) is 0 Å². The topological polar surface area (TPSA) is 67.6 Å². The van der Waals surface area contributed by atoms with Gasteiger partial charge in [0.2, 0.25) is 5.91 Å². The van der Waals surface area contributed by atoms with E-state index >= 15 is 0 Å². The molecule has 1 heterocycles. The van der Waals surface area contributed by atoms with E-state index in [1.165, 1.54) is 6.42 Å². The van der Waals surface area contributed by atoms with Crippen LogP contribution in [-0.4, -0.2) is 55.2 Å². The lowest BCUT2D eigenvalue weighted by atomic mass is 9.96. The van der Waals surface area contributed by atoms with Crippen LogP contribution >= 0.6 is 0 Å². The Morgan fingerprint density at radius 2 is 2.26 bits per heavy atom. The van der Waals surface area contributed by atoms with E-state index in [1.54, 1.807) is 0 Å². The van der Waals surface area contributed by atoms with Gasteiger partial charge >= 0.3 is 0 Å².